The van der Waals surface area contributed by atoms with Gasteiger partial charge in [-0.25, -0.2) is 4.79 Å². The van der Waals surface area contributed by atoms with E-state index < -0.39 is 11.9 Å². The number of alkyl halides is 1. The van der Waals surface area contributed by atoms with Gasteiger partial charge in [0, 0.05) is 0 Å². The van der Waals surface area contributed by atoms with Crippen molar-refractivity contribution in [3.8, 4) is 0 Å². The van der Waals surface area contributed by atoms with E-state index in [0.29, 0.717) is 0 Å². The number of hydrogen-bond donors (Lipinski definition) is 1. The Labute approximate surface area is 140 Å². The molecule has 1 aliphatic heterocycles. The number of para-hydroxylation sites is 2. The van der Waals surface area contributed by atoms with Gasteiger partial charge in [0.15, 0.2) is 0 Å². The van der Waals surface area contributed by atoms with E-state index in [4.69, 9.17) is 11.6 Å². The summed E-state index contributed by atoms with van der Waals surface area (Å²) in [7, 11) is 0. The van der Waals surface area contributed by atoms with Crippen LogP contribution in [0.5, 0.6) is 0 Å². The molecule has 118 valence electrons. The van der Waals surface area contributed by atoms with Crippen LogP contribution in [0.3, 0.4) is 0 Å². The Bertz CT molecular complexity index is 760. The average Bonchev–Trinajstić information content (AvgIpc) is 2.68. The van der Waals surface area contributed by atoms with Gasteiger partial charge in [-0.2, -0.15) is 0 Å². The van der Waals surface area contributed by atoms with Gasteiger partial charge >= 0.3 is 6.03 Å². The van der Waals surface area contributed by atoms with Crippen molar-refractivity contribution in [2.24, 2.45) is 0 Å². The number of nitrogens with zero attached hydrogens (tertiary/aromatic N) is 1. The van der Waals surface area contributed by atoms with Gasteiger partial charge < -0.3 is 0 Å². The minimum absolute atomic E-state index is 0.251. The van der Waals surface area contributed by atoms with Crippen molar-refractivity contribution in [3.05, 3.63) is 59.7 Å². The van der Waals surface area contributed by atoms with Crippen LogP contribution in [0, 0.1) is 0 Å². The smallest absolute Gasteiger partial charge is 0.276 e. The maximum absolute atomic E-state index is 12.7. The summed E-state index contributed by atoms with van der Waals surface area (Å²) in [5, 5.41) is 2.34. The summed E-state index contributed by atoms with van der Waals surface area (Å²) >= 11 is 5.51. The first-order valence-corrected chi connectivity index (χ1v) is 8.02. The van der Waals surface area contributed by atoms with Gasteiger partial charge in [-0.3, -0.25) is 15.0 Å². The Hall–Kier alpha value is -2.33. The van der Waals surface area contributed by atoms with Crippen molar-refractivity contribution in [2.45, 2.75) is 19.3 Å². The molecule has 2 aromatic carbocycles. The number of amides is 3. The van der Waals surface area contributed by atoms with Gasteiger partial charge in [-0.05, 0) is 35.6 Å². The van der Waals surface area contributed by atoms with Crippen molar-refractivity contribution >= 4 is 34.9 Å². The summed E-state index contributed by atoms with van der Waals surface area (Å²) in [6.07, 6.45) is 0.834. The third-order valence-corrected chi connectivity index (χ3v) is 4.28. The molecular formula is C18H17ClN2O2. The fourth-order valence-electron chi connectivity index (χ4n) is 3.01. The second-order valence-corrected chi connectivity index (χ2v) is 5.88. The van der Waals surface area contributed by atoms with E-state index in [2.05, 4.69) is 12.2 Å². The van der Waals surface area contributed by atoms with E-state index in [1.165, 1.54) is 0 Å². The number of carbonyl (C=O) groups excluding carboxylic acids is 2. The molecule has 1 unspecified atom stereocenters. The standard InChI is InChI=1S/C18H17ClN2O2/c1-12-10-13-6-2-4-8-15(13)21(18(23)20-17(22)11-19)16-9-5-3-7-14(12)16/h2-9,12H,10-11H2,1H3,(H,20,22,23). The van der Waals surface area contributed by atoms with Gasteiger partial charge in [-0.15, -0.1) is 11.6 Å². The molecular weight excluding hydrogens is 312 g/mol. The van der Waals surface area contributed by atoms with Crippen molar-refractivity contribution in [3.63, 3.8) is 0 Å². The van der Waals surface area contributed by atoms with E-state index in [9.17, 15) is 9.59 Å². The molecule has 1 atom stereocenters. The Balaban J connectivity index is 2.14. The molecule has 0 spiro atoms. The van der Waals surface area contributed by atoms with Crippen molar-refractivity contribution in [1.29, 1.82) is 0 Å². The van der Waals surface area contributed by atoms with Gasteiger partial charge in [-0.1, -0.05) is 43.3 Å². The van der Waals surface area contributed by atoms with Crippen LogP contribution in [0.2, 0.25) is 0 Å². The molecule has 4 nitrogen and oxygen atoms in total. The highest BCUT2D eigenvalue weighted by molar-refractivity contribution is 6.29. The largest absolute Gasteiger partial charge is 0.333 e. The number of carbonyl (C=O) groups is 2. The summed E-state index contributed by atoms with van der Waals surface area (Å²) in [5.74, 6) is -0.489. The number of anilines is 2. The SMILES string of the molecule is CC1Cc2ccccc2N(C(=O)NC(=O)CCl)c2ccccc21. The molecule has 2 aromatic rings. The molecule has 0 saturated heterocycles. The van der Waals surface area contributed by atoms with Crippen LogP contribution >= 0.6 is 11.6 Å². The van der Waals surface area contributed by atoms with E-state index in [1.54, 1.807) is 4.90 Å². The van der Waals surface area contributed by atoms with Crippen LogP contribution in [0.1, 0.15) is 24.0 Å². The number of nitrogens with one attached hydrogen (secondary N) is 1. The maximum Gasteiger partial charge on any atom is 0.333 e. The fourth-order valence-corrected chi connectivity index (χ4v) is 3.07. The monoisotopic (exact) mass is 328 g/mol. The summed E-state index contributed by atoms with van der Waals surface area (Å²) in [5.41, 5.74) is 3.75. The second-order valence-electron chi connectivity index (χ2n) is 5.62. The lowest BCUT2D eigenvalue weighted by Gasteiger charge is -2.25. The molecule has 1 heterocycles. The number of hydrogen-bond acceptors (Lipinski definition) is 2. The Morgan fingerprint density at radius 2 is 1.78 bits per heavy atom. The molecule has 0 radical (unpaired) electrons. The highest BCUT2D eigenvalue weighted by Crippen LogP contribution is 2.40. The normalized spacial score (nSPS) is 16.1. The zero-order valence-corrected chi connectivity index (χ0v) is 13.5. The van der Waals surface area contributed by atoms with Crippen LogP contribution in [-0.4, -0.2) is 17.8 Å². The highest BCUT2D eigenvalue weighted by Gasteiger charge is 2.29. The first-order valence-electron chi connectivity index (χ1n) is 7.48. The van der Waals surface area contributed by atoms with Crippen molar-refractivity contribution < 1.29 is 9.59 Å². The number of halogens is 1. The highest BCUT2D eigenvalue weighted by atomic mass is 35.5. The molecule has 1 aliphatic rings. The van der Waals surface area contributed by atoms with Crippen LogP contribution < -0.4 is 10.2 Å². The van der Waals surface area contributed by atoms with E-state index in [1.807, 2.05) is 48.5 Å². The first-order chi connectivity index (χ1) is 11.1. The quantitative estimate of drug-likeness (QED) is 0.805. The molecule has 5 heteroatoms. The Morgan fingerprint density at radius 3 is 2.52 bits per heavy atom. The predicted octanol–water partition coefficient (Wildman–Crippen LogP) is 3.96. The first kappa shape index (κ1) is 15.6. The second kappa shape index (κ2) is 6.42. The maximum atomic E-state index is 12.7. The van der Waals surface area contributed by atoms with E-state index >= 15 is 0 Å². The van der Waals surface area contributed by atoms with Crippen LogP contribution in [0.15, 0.2) is 48.5 Å². The van der Waals surface area contributed by atoms with Crippen LogP contribution in [0.25, 0.3) is 0 Å². The Kier molecular flexibility index (Phi) is 4.35. The van der Waals surface area contributed by atoms with Crippen LogP contribution in [-0.2, 0) is 11.2 Å². The molecule has 23 heavy (non-hydrogen) atoms. The van der Waals surface area contributed by atoms with E-state index in [-0.39, 0.29) is 11.8 Å². The molecule has 0 saturated carbocycles. The molecule has 3 amide bonds. The molecule has 0 bridgehead atoms. The molecule has 3 rings (SSSR count). The minimum Gasteiger partial charge on any atom is -0.276 e. The Morgan fingerprint density at radius 1 is 1.13 bits per heavy atom. The molecule has 0 aromatic heterocycles. The third kappa shape index (κ3) is 2.94. The number of rotatable bonds is 1. The van der Waals surface area contributed by atoms with E-state index in [0.717, 1.165) is 28.9 Å². The predicted molar refractivity (Wildman–Crippen MR) is 91.4 cm³/mol. The van der Waals surface area contributed by atoms with Gasteiger partial charge in [0.2, 0.25) is 5.91 Å². The van der Waals surface area contributed by atoms with Crippen LogP contribution in [0.4, 0.5) is 16.2 Å². The fraction of sp³-hybridized carbons (Fsp3) is 0.222. The number of benzene rings is 2. The number of imide groups is 1. The molecule has 0 fully saturated rings. The average molecular weight is 329 g/mol. The summed E-state index contributed by atoms with van der Waals surface area (Å²) in [6.45, 7) is 2.14. The van der Waals surface area contributed by atoms with Gasteiger partial charge in [0.05, 0.1) is 11.4 Å². The number of fused-ring (bicyclic) bond motifs is 2. The lowest BCUT2D eigenvalue weighted by molar-refractivity contribution is -0.117. The van der Waals surface area contributed by atoms with Gasteiger partial charge in [0.25, 0.3) is 0 Å². The van der Waals surface area contributed by atoms with Crippen molar-refractivity contribution in [1.82, 2.24) is 5.32 Å². The lowest BCUT2D eigenvalue weighted by atomic mass is 9.94. The topological polar surface area (TPSA) is 49.4 Å². The summed E-state index contributed by atoms with van der Waals surface area (Å²) in [4.78, 5) is 25.8. The zero-order valence-electron chi connectivity index (χ0n) is 12.8. The van der Waals surface area contributed by atoms with Crippen molar-refractivity contribution in [2.75, 3.05) is 10.8 Å². The number of urea groups is 1. The lowest BCUT2D eigenvalue weighted by Crippen LogP contribution is -2.41. The molecule has 1 N–H and O–H groups in total. The third-order valence-electron chi connectivity index (χ3n) is 4.04. The summed E-state index contributed by atoms with van der Waals surface area (Å²) < 4.78 is 0. The minimum atomic E-state index is -0.510. The summed E-state index contributed by atoms with van der Waals surface area (Å²) in [6, 6.07) is 15.1. The zero-order chi connectivity index (χ0) is 16.4. The molecule has 0 aliphatic carbocycles. The van der Waals surface area contributed by atoms with Gasteiger partial charge in [0.1, 0.15) is 5.88 Å².